The third-order valence-electron chi connectivity index (χ3n) is 4.77. The first-order chi connectivity index (χ1) is 13.9. The van der Waals surface area contributed by atoms with Gasteiger partial charge >= 0.3 is 0 Å². The highest BCUT2D eigenvalue weighted by molar-refractivity contribution is 6.46. The molecule has 1 fully saturated rings. The van der Waals surface area contributed by atoms with Gasteiger partial charge in [0.25, 0.3) is 11.7 Å². The number of phenols is 1. The Balaban J connectivity index is 2.05. The molecule has 7 nitrogen and oxygen atoms in total. The lowest BCUT2D eigenvalue weighted by molar-refractivity contribution is -0.655. The van der Waals surface area contributed by atoms with Gasteiger partial charge in [0.2, 0.25) is 0 Å². The maximum atomic E-state index is 13.2. The Morgan fingerprint density at radius 3 is 2.31 bits per heavy atom. The zero-order valence-electron chi connectivity index (χ0n) is 15.6. The number of likely N-dealkylation sites (tertiary alicyclic amines) is 1. The van der Waals surface area contributed by atoms with Gasteiger partial charge in [-0.3, -0.25) is 9.59 Å². The molecule has 1 atom stereocenters. The Morgan fingerprint density at radius 1 is 1.03 bits per heavy atom. The van der Waals surface area contributed by atoms with Crippen molar-refractivity contribution >= 4 is 17.4 Å². The van der Waals surface area contributed by atoms with Crippen LogP contribution in [0.25, 0.3) is 5.76 Å². The molecular formula is C21H22FN2O5+. The van der Waals surface area contributed by atoms with Gasteiger partial charge in [-0.25, -0.2) is 4.39 Å². The van der Waals surface area contributed by atoms with E-state index in [4.69, 9.17) is 5.11 Å². The molecule has 5 N–H and O–H groups in total. The minimum Gasteiger partial charge on any atom is -0.508 e. The van der Waals surface area contributed by atoms with Crippen molar-refractivity contribution in [1.29, 1.82) is 0 Å². The fourth-order valence-corrected chi connectivity index (χ4v) is 3.34. The number of hydrogen-bond donors (Lipinski definition) is 4. The Hall–Kier alpha value is -3.23. The standard InChI is InChI=1S/C21H21FN2O5/c22-15-5-1-14(2-6-15)19(27)17-18(13-3-7-16(26)8-4-13)24(21(29)20(17)28)11-9-23-10-12-25/h1-8,18,23,25-27H,9-12H2/p+1/t18-/m0/s1. The van der Waals surface area contributed by atoms with E-state index < -0.39 is 23.5 Å². The van der Waals surface area contributed by atoms with Crippen LogP contribution in [0.15, 0.2) is 54.1 Å². The number of carbonyl (C=O) groups excluding carboxylic acids is 2. The molecule has 3 rings (SSSR count). The van der Waals surface area contributed by atoms with Crippen molar-refractivity contribution in [2.45, 2.75) is 6.04 Å². The summed E-state index contributed by atoms with van der Waals surface area (Å²) in [6, 6.07) is 10.2. The summed E-state index contributed by atoms with van der Waals surface area (Å²) in [6.45, 7) is 1.13. The minimum atomic E-state index is -0.844. The lowest BCUT2D eigenvalue weighted by Gasteiger charge is -2.24. The number of Topliss-reactive ketones (excluding diaryl/α,β-unsaturated/α-hetero) is 1. The van der Waals surface area contributed by atoms with E-state index >= 15 is 0 Å². The molecule has 1 amide bonds. The molecule has 0 radical (unpaired) electrons. The molecule has 0 unspecified atom stereocenters. The molecule has 1 aliphatic heterocycles. The number of benzene rings is 2. The van der Waals surface area contributed by atoms with Crippen molar-refractivity contribution in [3.05, 3.63) is 71.0 Å². The second-order valence-corrected chi connectivity index (χ2v) is 6.68. The summed E-state index contributed by atoms with van der Waals surface area (Å²) in [6.07, 6.45) is 0. The summed E-state index contributed by atoms with van der Waals surface area (Å²) < 4.78 is 13.2. The highest BCUT2D eigenvalue weighted by atomic mass is 19.1. The number of nitrogens with two attached hydrogens (primary N) is 1. The summed E-state index contributed by atoms with van der Waals surface area (Å²) >= 11 is 0. The molecule has 0 aliphatic carbocycles. The van der Waals surface area contributed by atoms with Gasteiger partial charge in [-0.05, 0) is 42.0 Å². The van der Waals surface area contributed by atoms with Crippen molar-refractivity contribution in [3.63, 3.8) is 0 Å². The Bertz CT molecular complexity index is 925. The lowest BCUT2D eigenvalue weighted by Crippen LogP contribution is -2.86. The molecule has 0 bridgehead atoms. The normalized spacial score (nSPS) is 18.4. The van der Waals surface area contributed by atoms with E-state index in [0.717, 1.165) is 12.1 Å². The quantitative estimate of drug-likeness (QED) is 0.234. The van der Waals surface area contributed by atoms with E-state index in [0.29, 0.717) is 18.7 Å². The second-order valence-electron chi connectivity index (χ2n) is 6.68. The first kappa shape index (κ1) is 20.5. The van der Waals surface area contributed by atoms with E-state index in [-0.39, 0.29) is 35.8 Å². The van der Waals surface area contributed by atoms with Crippen LogP contribution in [-0.2, 0) is 9.59 Å². The van der Waals surface area contributed by atoms with Crippen LogP contribution in [-0.4, -0.2) is 58.2 Å². The summed E-state index contributed by atoms with van der Waals surface area (Å²) in [5, 5.41) is 31.1. The Kier molecular flexibility index (Phi) is 6.26. The highest BCUT2D eigenvalue weighted by Gasteiger charge is 2.46. The van der Waals surface area contributed by atoms with Crippen molar-refractivity contribution in [1.82, 2.24) is 4.90 Å². The van der Waals surface area contributed by atoms with Crippen LogP contribution in [0.4, 0.5) is 4.39 Å². The minimum absolute atomic E-state index is 0.00915. The zero-order chi connectivity index (χ0) is 21.0. The van der Waals surface area contributed by atoms with Crippen LogP contribution >= 0.6 is 0 Å². The van der Waals surface area contributed by atoms with Crippen molar-refractivity contribution in [3.8, 4) is 5.75 Å². The molecule has 0 saturated carbocycles. The maximum absolute atomic E-state index is 13.2. The summed E-state index contributed by atoms with van der Waals surface area (Å²) in [5.74, 6) is -2.42. The average molecular weight is 401 g/mol. The van der Waals surface area contributed by atoms with E-state index in [1.165, 1.54) is 29.2 Å². The van der Waals surface area contributed by atoms with Gasteiger partial charge in [0.15, 0.2) is 0 Å². The molecule has 2 aromatic carbocycles. The topological polar surface area (TPSA) is 115 Å². The number of aliphatic hydroxyl groups is 2. The number of aromatic hydroxyl groups is 1. The summed E-state index contributed by atoms with van der Waals surface area (Å²) in [4.78, 5) is 26.8. The van der Waals surface area contributed by atoms with Crippen LogP contribution in [0, 0.1) is 5.82 Å². The molecule has 1 saturated heterocycles. The number of phenolic OH excluding ortho intramolecular Hbond substituents is 1. The summed E-state index contributed by atoms with van der Waals surface area (Å²) in [5.41, 5.74) is 0.683. The number of aliphatic hydroxyl groups excluding tert-OH is 2. The van der Waals surface area contributed by atoms with Crippen LogP contribution in [0.5, 0.6) is 5.75 Å². The van der Waals surface area contributed by atoms with Gasteiger partial charge in [0, 0.05) is 5.56 Å². The van der Waals surface area contributed by atoms with Crippen molar-refractivity contribution in [2.75, 3.05) is 26.2 Å². The SMILES string of the molecule is O=C1C(=O)N(CC[NH2+]CCO)[C@@H](c2ccc(O)cc2)C1=C(O)c1ccc(F)cc1. The fourth-order valence-electron chi connectivity index (χ4n) is 3.34. The average Bonchev–Trinajstić information content (AvgIpc) is 2.96. The molecule has 2 aromatic rings. The Morgan fingerprint density at radius 2 is 1.69 bits per heavy atom. The number of hydrogen-bond acceptors (Lipinski definition) is 5. The number of carbonyl (C=O) groups is 2. The highest BCUT2D eigenvalue weighted by Crippen LogP contribution is 2.39. The monoisotopic (exact) mass is 401 g/mol. The van der Waals surface area contributed by atoms with Gasteiger partial charge in [-0.1, -0.05) is 12.1 Å². The van der Waals surface area contributed by atoms with E-state index in [1.807, 2.05) is 5.32 Å². The first-order valence-electron chi connectivity index (χ1n) is 9.20. The smallest absolute Gasteiger partial charge is 0.295 e. The molecule has 1 aliphatic rings. The van der Waals surface area contributed by atoms with Crippen molar-refractivity contribution in [2.24, 2.45) is 0 Å². The maximum Gasteiger partial charge on any atom is 0.295 e. The van der Waals surface area contributed by atoms with E-state index in [1.54, 1.807) is 12.1 Å². The second kappa shape index (κ2) is 8.85. The number of halogens is 1. The van der Waals surface area contributed by atoms with Gasteiger partial charge < -0.3 is 25.5 Å². The predicted molar refractivity (Wildman–Crippen MR) is 102 cm³/mol. The predicted octanol–water partition coefficient (Wildman–Crippen LogP) is 0.509. The molecular weight excluding hydrogens is 379 g/mol. The van der Waals surface area contributed by atoms with Gasteiger partial charge in [-0.15, -0.1) is 0 Å². The lowest BCUT2D eigenvalue weighted by atomic mass is 9.95. The molecule has 29 heavy (non-hydrogen) atoms. The van der Waals surface area contributed by atoms with Crippen LogP contribution in [0.1, 0.15) is 17.2 Å². The van der Waals surface area contributed by atoms with Gasteiger partial charge in [-0.2, -0.15) is 0 Å². The number of quaternary nitrogens is 1. The van der Waals surface area contributed by atoms with E-state index in [9.17, 15) is 24.2 Å². The van der Waals surface area contributed by atoms with E-state index in [2.05, 4.69) is 0 Å². The van der Waals surface area contributed by atoms with Crippen molar-refractivity contribution < 1.29 is 34.6 Å². The molecule has 0 aromatic heterocycles. The fraction of sp³-hybridized carbons (Fsp3) is 0.238. The molecule has 0 spiro atoms. The van der Waals surface area contributed by atoms with Crippen LogP contribution < -0.4 is 5.32 Å². The third-order valence-corrected chi connectivity index (χ3v) is 4.77. The summed E-state index contributed by atoms with van der Waals surface area (Å²) in [7, 11) is 0. The third kappa shape index (κ3) is 4.28. The first-order valence-corrected chi connectivity index (χ1v) is 9.20. The number of amides is 1. The molecule has 8 heteroatoms. The van der Waals surface area contributed by atoms with Gasteiger partial charge in [0.1, 0.15) is 17.3 Å². The number of rotatable bonds is 7. The molecule has 152 valence electrons. The van der Waals surface area contributed by atoms with Crippen LogP contribution in [0.3, 0.4) is 0 Å². The Labute approximate surface area is 166 Å². The number of ketones is 1. The largest absolute Gasteiger partial charge is 0.508 e. The van der Waals surface area contributed by atoms with Gasteiger partial charge in [0.05, 0.1) is 37.9 Å². The molecule has 1 heterocycles. The zero-order valence-corrected chi connectivity index (χ0v) is 15.6. The number of nitrogens with zero attached hydrogens (tertiary/aromatic N) is 1. The van der Waals surface area contributed by atoms with Crippen LogP contribution in [0.2, 0.25) is 0 Å².